The van der Waals surface area contributed by atoms with E-state index < -0.39 is 178 Å². The van der Waals surface area contributed by atoms with E-state index in [1.54, 1.807) is 20.8 Å². The van der Waals surface area contributed by atoms with Crippen LogP contribution >= 0.6 is 0 Å². The van der Waals surface area contributed by atoms with E-state index in [1.807, 2.05) is 20.8 Å². The van der Waals surface area contributed by atoms with Crippen molar-refractivity contribution in [2.24, 2.45) is 17.8 Å². The lowest BCUT2D eigenvalue weighted by Gasteiger charge is -2.48. The number of hydrogen-bond acceptors (Lipinski definition) is 23. The van der Waals surface area contributed by atoms with E-state index in [0.717, 1.165) is 0 Å². The summed E-state index contributed by atoms with van der Waals surface area (Å²) in [6.45, 7) is 12.5. The molecule has 0 aromatic rings. The van der Waals surface area contributed by atoms with E-state index in [9.17, 15) is 70.6 Å². The molecule has 4 rings (SSSR count). The summed E-state index contributed by atoms with van der Waals surface area (Å²) in [4.78, 5) is 38.5. The standard InChI is InChI=1S/C44H72O24/c1-10-17(6)39(57)63-33-20(9)60-41(31(54)35(33)64-40(58)18(7)11-2)59-15-22(47)19(8)32(21(12-3)16(4)5)65-44-37(68-43-29(52)27(50)25(48)23(13-45)61-43)34(30(53)36(67-44)38(55)56)66-42-28(51)26(49)24(14-46)62-42/h10-11,16,19-37,41-54H,12-15H2,1-9H3,(H,55,56)/b17-10-,18-11-/t19-,20?,21?,22-,23?,24-,25-,26?,27?,28?,29?,30-,31?,32?,33-,34?,35?,36?,37?,41+,42-,43-,44+/m0/s1. The number of aliphatic hydroxyl groups is 10. The molecule has 0 aromatic carbocycles. The summed E-state index contributed by atoms with van der Waals surface area (Å²) in [5, 5.41) is 118. The Morgan fingerprint density at radius 1 is 0.632 bits per heavy atom. The average Bonchev–Trinajstić information content (AvgIpc) is 3.58. The van der Waals surface area contributed by atoms with Gasteiger partial charge in [-0.25, -0.2) is 14.4 Å². The van der Waals surface area contributed by atoms with Crippen LogP contribution in [0.1, 0.15) is 68.7 Å². The summed E-state index contributed by atoms with van der Waals surface area (Å²) in [5.41, 5.74) is 0.430. The molecule has 0 bridgehead atoms. The second kappa shape index (κ2) is 25.5. The number of hydrogen-bond donors (Lipinski definition) is 11. The second-order valence-corrected chi connectivity index (χ2v) is 17.9. The van der Waals surface area contributed by atoms with Crippen molar-refractivity contribution in [1.29, 1.82) is 0 Å². The Morgan fingerprint density at radius 2 is 1.13 bits per heavy atom. The summed E-state index contributed by atoms with van der Waals surface area (Å²) >= 11 is 0. The fraction of sp³-hybridized carbons (Fsp3) is 0.841. The molecule has 0 saturated carbocycles. The number of aliphatic carboxylic acids is 1. The average molecular weight is 985 g/mol. The van der Waals surface area contributed by atoms with E-state index in [0.29, 0.717) is 6.42 Å². The third kappa shape index (κ3) is 13.2. The molecule has 13 unspecified atom stereocenters. The Hall–Kier alpha value is -2.83. The van der Waals surface area contributed by atoms with Gasteiger partial charge in [-0.3, -0.25) is 0 Å². The van der Waals surface area contributed by atoms with Crippen LogP contribution in [0.25, 0.3) is 0 Å². The molecule has 4 heterocycles. The number of esters is 2. The largest absolute Gasteiger partial charge is 0.479 e. The summed E-state index contributed by atoms with van der Waals surface area (Å²) < 4.78 is 58.6. The van der Waals surface area contributed by atoms with Gasteiger partial charge in [-0.1, -0.05) is 46.3 Å². The maximum Gasteiger partial charge on any atom is 0.335 e. The van der Waals surface area contributed by atoms with Gasteiger partial charge in [0.1, 0.15) is 67.1 Å². The number of carbonyl (C=O) groups excluding carboxylic acids is 2. The van der Waals surface area contributed by atoms with Crippen molar-refractivity contribution >= 4 is 17.9 Å². The van der Waals surface area contributed by atoms with Gasteiger partial charge in [0.05, 0.1) is 38.1 Å². The van der Waals surface area contributed by atoms with Gasteiger partial charge in [0.15, 0.2) is 43.5 Å². The Kier molecular flexibility index (Phi) is 21.7. The normalized spacial score (nSPS) is 40.1. The van der Waals surface area contributed by atoms with Gasteiger partial charge < -0.3 is 104 Å². The molecule has 24 heteroatoms. The third-order valence-electron chi connectivity index (χ3n) is 13.0. The fourth-order valence-electron chi connectivity index (χ4n) is 8.41. The lowest BCUT2D eigenvalue weighted by molar-refractivity contribution is -0.384. The molecule has 11 N–H and O–H groups in total. The topological polar surface area (TPSA) is 366 Å². The predicted molar refractivity (Wildman–Crippen MR) is 227 cm³/mol. The van der Waals surface area contributed by atoms with Gasteiger partial charge in [-0.2, -0.15) is 0 Å². The first-order valence-corrected chi connectivity index (χ1v) is 22.7. The van der Waals surface area contributed by atoms with Gasteiger partial charge >= 0.3 is 17.9 Å². The number of carbonyl (C=O) groups is 3. The van der Waals surface area contributed by atoms with Crippen molar-refractivity contribution in [3.05, 3.63) is 23.3 Å². The first kappa shape index (κ1) is 57.7. The van der Waals surface area contributed by atoms with Gasteiger partial charge in [0.2, 0.25) is 0 Å². The maximum atomic E-state index is 13.0. The minimum atomic E-state index is -2.20. The number of carboxylic acids is 1. The van der Waals surface area contributed by atoms with Crippen molar-refractivity contribution in [2.45, 2.75) is 198 Å². The van der Waals surface area contributed by atoms with Crippen LogP contribution in [0.3, 0.4) is 0 Å². The molecular weight excluding hydrogens is 912 g/mol. The van der Waals surface area contributed by atoms with Gasteiger partial charge in [0.25, 0.3) is 0 Å². The van der Waals surface area contributed by atoms with Crippen LogP contribution in [0, 0.1) is 17.8 Å². The fourth-order valence-corrected chi connectivity index (χ4v) is 8.41. The summed E-state index contributed by atoms with van der Waals surface area (Å²) in [6, 6.07) is 0. The lowest BCUT2D eigenvalue weighted by Crippen LogP contribution is -2.67. The van der Waals surface area contributed by atoms with E-state index >= 15 is 0 Å². The quantitative estimate of drug-likeness (QED) is 0.0406. The number of aliphatic hydroxyl groups excluding tert-OH is 10. The molecule has 4 fully saturated rings. The molecule has 68 heavy (non-hydrogen) atoms. The molecular formula is C44H72O24. The Morgan fingerprint density at radius 3 is 1.62 bits per heavy atom. The third-order valence-corrected chi connectivity index (χ3v) is 13.0. The summed E-state index contributed by atoms with van der Waals surface area (Å²) in [6.07, 6.45) is -32.8. The highest BCUT2D eigenvalue weighted by atomic mass is 16.8. The van der Waals surface area contributed by atoms with Crippen molar-refractivity contribution in [3.8, 4) is 0 Å². The minimum Gasteiger partial charge on any atom is -0.479 e. The van der Waals surface area contributed by atoms with Gasteiger partial charge in [-0.15, -0.1) is 0 Å². The molecule has 0 aliphatic carbocycles. The molecule has 4 aliphatic heterocycles. The molecule has 0 spiro atoms. The molecule has 23 atom stereocenters. The highest BCUT2D eigenvalue weighted by molar-refractivity contribution is 5.88. The van der Waals surface area contributed by atoms with Gasteiger partial charge in [0, 0.05) is 17.1 Å². The molecule has 0 amide bonds. The number of rotatable bonds is 21. The zero-order chi connectivity index (χ0) is 51.1. The Bertz CT molecular complexity index is 1690. The van der Waals surface area contributed by atoms with E-state index in [1.165, 1.54) is 32.9 Å². The van der Waals surface area contributed by atoms with Crippen LogP contribution in [0.2, 0.25) is 0 Å². The Balaban J connectivity index is 1.69. The molecule has 24 nitrogen and oxygen atoms in total. The zero-order valence-corrected chi connectivity index (χ0v) is 39.6. The van der Waals surface area contributed by atoms with Crippen LogP contribution in [-0.4, -0.2) is 223 Å². The van der Waals surface area contributed by atoms with Crippen molar-refractivity contribution in [3.63, 3.8) is 0 Å². The van der Waals surface area contributed by atoms with Crippen LogP contribution < -0.4 is 0 Å². The first-order valence-electron chi connectivity index (χ1n) is 22.7. The smallest absolute Gasteiger partial charge is 0.335 e. The molecule has 4 saturated heterocycles. The summed E-state index contributed by atoms with van der Waals surface area (Å²) in [5.74, 6) is -5.04. The van der Waals surface area contributed by atoms with E-state index in [-0.39, 0.29) is 17.1 Å². The summed E-state index contributed by atoms with van der Waals surface area (Å²) in [7, 11) is 0. The second-order valence-electron chi connectivity index (χ2n) is 17.9. The number of carboxylic acid groups (broad SMARTS) is 1. The van der Waals surface area contributed by atoms with Crippen LogP contribution in [0.15, 0.2) is 23.3 Å². The number of ether oxygens (including phenoxy) is 10. The van der Waals surface area contributed by atoms with E-state index in [4.69, 9.17) is 47.4 Å². The molecule has 0 radical (unpaired) electrons. The van der Waals surface area contributed by atoms with Crippen molar-refractivity contribution in [2.75, 3.05) is 19.8 Å². The van der Waals surface area contributed by atoms with Crippen molar-refractivity contribution in [1.82, 2.24) is 0 Å². The van der Waals surface area contributed by atoms with Crippen LogP contribution in [0.5, 0.6) is 0 Å². The molecule has 0 aromatic heterocycles. The molecule has 4 aliphatic rings. The highest BCUT2D eigenvalue weighted by Gasteiger charge is 2.57. The molecule has 392 valence electrons. The monoisotopic (exact) mass is 984 g/mol. The highest BCUT2D eigenvalue weighted by Crippen LogP contribution is 2.38. The first-order chi connectivity index (χ1) is 32.0. The van der Waals surface area contributed by atoms with Crippen molar-refractivity contribution < 1.29 is 118 Å². The van der Waals surface area contributed by atoms with E-state index in [2.05, 4.69) is 0 Å². The van der Waals surface area contributed by atoms with Gasteiger partial charge in [-0.05, 0) is 46.5 Å². The Labute approximate surface area is 393 Å². The predicted octanol–water partition coefficient (Wildman–Crippen LogP) is -2.89. The maximum absolute atomic E-state index is 13.0. The SMILES string of the molecule is C/C=C(/C)C(=O)OC1C(O)[C@H](OC[C@H](O)[C@H](C)C(O[C@@H]2OC(C(=O)O)[C@@H](O)C(O[C@@H]3O[C@@H](CO)C(O)C3O)C2O[C@@H]2OC(CO)[C@H](O)C(O)C2O)C(CC)C(C)C)OC(C)[C@@H]1OC(=O)/C(C)=C\C. The lowest BCUT2D eigenvalue weighted by atomic mass is 9.80. The number of allylic oxidation sites excluding steroid dienone is 2. The zero-order valence-electron chi connectivity index (χ0n) is 39.6. The van der Waals surface area contributed by atoms with Crippen LogP contribution in [0.4, 0.5) is 0 Å². The van der Waals surface area contributed by atoms with Crippen LogP contribution in [-0.2, 0) is 61.8 Å². The minimum absolute atomic E-state index is 0.192.